The van der Waals surface area contributed by atoms with Crippen molar-refractivity contribution in [1.82, 2.24) is 9.55 Å². The topological polar surface area (TPSA) is 36.3 Å². The Morgan fingerprint density at radius 3 is 2.15 bits per heavy atom. The summed E-state index contributed by atoms with van der Waals surface area (Å²) >= 11 is 0. The van der Waals surface area contributed by atoms with Crippen LogP contribution in [0.4, 0.5) is 26.3 Å². The SMILES string of the molecule is CC(Oc1ccccc1)c1nc2cc(C(F)(F)F)ccc2n1Cc1ccc(OC(F)(F)F)cc1. The van der Waals surface area contributed by atoms with E-state index in [4.69, 9.17) is 4.74 Å². The molecule has 3 aromatic carbocycles. The lowest BCUT2D eigenvalue weighted by atomic mass is 10.2. The molecule has 0 aliphatic heterocycles. The molecule has 0 saturated carbocycles. The van der Waals surface area contributed by atoms with E-state index in [-0.39, 0.29) is 17.8 Å². The van der Waals surface area contributed by atoms with Crippen molar-refractivity contribution in [3.63, 3.8) is 0 Å². The molecule has 0 saturated heterocycles. The van der Waals surface area contributed by atoms with Gasteiger partial charge in [0, 0.05) is 6.54 Å². The molecular formula is C24H18F6N2O2. The first-order chi connectivity index (χ1) is 16.0. The number of fused-ring (bicyclic) bond motifs is 1. The Morgan fingerprint density at radius 2 is 1.53 bits per heavy atom. The van der Waals surface area contributed by atoms with Gasteiger partial charge in [-0.3, -0.25) is 0 Å². The largest absolute Gasteiger partial charge is 0.573 e. The molecule has 34 heavy (non-hydrogen) atoms. The van der Waals surface area contributed by atoms with Gasteiger partial charge in [0.2, 0.25) is 0 Å². The third-order valence-electron chi connectivity index (χ3n) is 5.02. The van der Waals surface area contributed by atoms with Crippen LogP contribution in [0.15, 0.2) is 72.8 Å². The molecule has 0 spiro atoms. The van der Waals surface area contributed by atoms with E-state index in [9.17, 15) is 26.3 Å². The lowest BCUT2D eigenvalue weighted by Crippen LogP contribution is -2.17. The molecule has 1 heterocycles. The van der Waals surface area contributed by atoms with Gasteiger partial charge in [-0.25, -0.2) is 4.98 Å². The third-order valence-corrected chi connectivity index (χ3v) is 5.02. The molecule has 0 amide bonds. The zero-order chi connectivity index (χ0) is 24.5. The molecule has 0 fully saturated rings. The monoisotopic (exact) mass is 480 g/mol. The average molecular weight is 480 g/mol. The summed E-state index contributed by atoms with van der Waals surface area (Å²) < 4.78 is 88.5. The quantitative estimate of drug-likeness (QED) is 0.275. The maximum absolute atomic E-state index is 13.2. The van der Waals surface area contributed by atoms with Gasteiger partial charge in [-0.05, 0) is 55.0 Å². The third kappa shape index (κ3) is 5.44. The molecule has 0 aliphatic rings. The minimum absolute atomic E-state index is 0.130. The van der Waals surface area contributed by atoms with Gasteiger partial charge in [0.25, 0.3) is 0 Å². The van der Waals surface area contributed by atoms with Gasteiger partial charge in [-0.1, -0.05) is 30.3 Å². The Hall–Kier alpha value is -3.69. The molecule has 0 aliphatic carbocycles. The number of benzene rings is 3. The Morgan fingerprint density at radius 1 is 0.853 bits per heavy atom. The van der Waals surface area contributed by atoms with Crippen molar-refractivity contribution in [1.29, 1.82) is 0 Å². The van der Waals surface area contributed by atoms with Crippen molar-refractivity contribution in [3.05, 3.63) is 89.7 Å². The molecule has 10 heteroatoms. The number of hydrogen-bond donors (Lipinski definition) is 0. The van der Waals surface area contributed by atoms with Crippen LogP contribution in [0, 0.1) is 0 Å². The summed E-state index contributed by atoms with van der Waals surface area (Å²) in [4.78, 5) is 4.41. The molecule has 4 rings (SSSR count). The smallest absolute Gasteiger partial charge is 0.483 e. The van der Waals surface area contributed by atoms with Gasteiger partial charge < -0.3 is 14.0 Å². The van der Waals surface area contributed by atoms with Crippen molar-refractivity contribution < 1.29 is 35.8 Å². The normalized spacial score (nSPS) is 13.1. The van der Waals surface area contributed by atoms with Crippen LogP contribution in [0.2, 0.25) is 0 Å². The van der Waals surface area contributed by atoms with E-state index in [2.05, 4.69) is 9.72 Å². The van der Waals surface area contributed by atoms with E-state index in [1.165, 1.54) is 30.3 Å². The summed E-state index contributed by atoms with van der Waals surface area (Å²) in [5.41, 5.74) is 0.329. The second-order valence-electron chi connectivity index (χ2n) is 7.52. The predicted molar refractivity (Wildman–Crippen MR) is 112 cm³/mol. The first-order valence-corrected chi connectivity index (χ1v) is 10.1. The number of alkyl halides is 6. The van der Waals surface area contributed by atoms with Gasteiger partial charge in [0.1, 0.15) is 11.5 Å². The van der Waals surface area contributed by atoms with Gasteiger partial charge in [-0.2, -0.15) is 13.2 Å². The van der Waals surface area contributed by atoms with Gasteiger partial charge >= 0.3 is 12.5 Å². The summed E-state index contributed by atoms with van der Waals surface area (Å²) in [6.45, 7) is 1.86. The highest BCUT2D eigenvalue weighted by atomic mass is 19.4. The number of aromatic nitrogens is 2. The van der Waals surface area contributed by atoms with Gasteiger partial charge in [0.05, 0.1) is 16.6 Å². The lowest BCUT2D eigenvalue weighted by molar-refractivity contribution is -0.274. The number of ether oxygens (including phenoxy) is 2. The molecule has 1 unspecified atom stereocenters. The predicted octanol–water partition coefficient (Wildman–Crippen LogP) is 7.14. The van der Waals surface area contributed by atoms with Crippen molar-refractivity contribution in [2.24, 2.45) is 0 Å². The lowest BCUT2D eigenvalue weighted by Gasteiger charge is -2.17. The highest BCUT2D eigenvalue weighted by Gasteiger charge is 2.32. The van der Waals surface area contributed by atoms with E-state index in [1.54, 1.807) is 35.8 Å². The molecule has 4 nitrogen and oxygen atoms in total. The van der Waals surface area contributed by atoms with E-state index >= 15 is 0 Å². The number of para-hydroxylation sites is 1. The minimum atomic E-state index is -4.81. The summed E-state index contributed by atoms with van der Waals surface area (Å²) in [5, 5.41) is 0. The van der Waals surface area contributed by atoms with E-state index in [0.29, 0.717) is 22.7 Å². The molecule has 0 radical (unpaired) electrons. The molecule has 178 valence electrons. The fourth-order valence-corrected chi connectivity index (χ4v) is 3.54. The first-order valence-electron chi connectivity index (χ1n) is 10.1. The first kappa shape index (κ1) is 23.5. The van der Waals surface area contributed by atoms with Crippen LogP contribution in [0.1, 0.15) is 30.0 Å². The molecular weight excluding hydrogens is 462 g/mol. The summed E-state index contributed by atoms with van der Waals surface area (Å²) in [6.07, 6.45) is -9.97. The average Bonchev–Trinajstić information content (AvgIpc) is 3.12. The van der Waals surface area contributed by atoms with Crippen molar-refractivity contribution in [3.8, 4) is 11.5 Å². The van der Waals surface area contributed by atoms with Crippen LogP contribution in [0.25, 0.3) is 11.0 Å². The number of nitrogens with zero attached hydrogens (tertiary/aromatic N) is 2. The van der Waals surface area contributed by atoms with Crippen molar-refractivity contribution in [2.75, 3.05) is 0 Å². The number of hydrogen-bond acceptors (Lipinski definition) is 3. The summed E-state index contributed by atoms with van der Waals surface area (Å²) in [6, 6.07) is 17.4. The highest BCUT2D eigenvalue weighted by Crippen LogP contribution is 2.33. The molecule has 0 bridgehead atoms. The van der Waals surface area contributed by atoms with Gasteiger partial charge in [-0.15, -0.1) is 13.2 Å². The van der Waals surface area contributed by atoms with Crippen molar-refractivity contribution >= 4 is 11.0 Å². The van der Waals surface area contributed by atoms with E-state index in [0.717, 1.165) is 12.1 Å². The molecule has 0 N–H and O–H groups in total. The highest BCUT2D eigenvalue weighted by molar-refractivity contribution is 5.77. The van der Waals surface area contributed by atoms with Crippen LogP contribution in [-0.4, -0.2) is 15.9 Å². The Bertz CT molecular complexity index is 1270. The van der Waals surface area contributed by atoms with Crippen LogP contribution in [0.5, 0.6) is 11.5 Å². The molecule has 4 aromatic rings. The number of imidazole rings is 1. The Kier molecular flexibility index (Phi) is 6.16. The van der Waals surface area contributed by atoms with E-state index < -0.39 is 24.2 Å². The Balaban J connectivity index is 1.71. The fraction of sp³-hybridized carbons (Fsp3) is 0.208. The Labute approximate surface area is 190 Å². The van der Waals surface area contributed by atoms with Crippen LogP contribution >= 0.6 is 0 Å². The second-order valence-corrected chi connectivity index (χ2v) is 7.52. The zero-order valence-electron chi connectivity index (χ0n) is 17.7. The van der Waals surface area contributed by atoms with Crippen LogP contribution < -0.4 is 9.47 Å². The molecule has 1 aromatic heterocycles. The number of rotatable bonds is 6. The standard InChI is InChI=1S/C24H18F6N2O2/c1-15(33-18-5-3-2-4-6-18)22-31-20-13-17(23(25,26)27)9-12-21(20)32(22)14-16-7-10-19(11-8-16)34-24(28,29)30/h2-13,15H,14H2,1H3. The van der Waals surface area contributed by atoms with Crippen LogP contribution in [-0.2, 0) is 12.7 Å². The summed E-state index contributed by atoms with van der Waals surface area (Å²) in [5.74, 6) is 0.551. The minimum Gasteiger partial charge on any atom is -0.483 e. The van der Waals surface area contributed by atoms with Crippen LogP contribution in [0.3, 0.4) is 0 Å². The second kappa shape index (κ2) is 8.92. The zero-order valence-corrected chi connectivity index (χ0v) is 17.7. The fourth-order valence-electron chi connectivity index (χ4n) is 3.54. The summed E-state index contributed by atoms with van der Waals surface area (Å²) in [7, 11) is 0. The van der Waals surface area contributed by atoms with Crippen molar-refractivity contribution in [2.45, 2.75) is 32.1 Å². The maximum atomic E-state index is 13.2. The van der Waals surface area contributed by atoms with Gasteiger partial charge in [0.15, 0.2) is 11.9 Å². The maximum Gasteiger partial charge on any atom is 0.573 e. The molecule has 1 atom stereocenters. The number of halogens is 6. The van der Waals surface area contributed by atoms with E-state index in [1.807, 2.05) is 6.07 Å².